The minimum atomic E-state index is -1.06. The van der Waals surface area contributed by atoms with Crippen LogP contribution in [0.1, 0.15) is 29.6 Å². The summed E-state index contributed by atoms with van der Waals surface area (Å²) >= 11 is 0. The van der Waals surface area contributed by atoms with Crippen LogP contribution in [0.25, 0.3) is 0 Å². The lowest BCUT2D eigenvalue weighted by atomic mass is 10.2. The Morgan fingerprint density at radius 3 is 2.73 bits per heavy atom. The van der Waals surface area contributed by atoms with Crippen LogP contribution in [0.15, 0.2) is 10.6 Å². The Hall–Kier alpha value is -1.85. The van der Waals surface area contributed by atoms with E-state index in [1.807, 2.05) is 0 Å². The maximum Gasteiger partial charge on any atom is 0.326 e. The van der Waals surface area contributed by atoms with E-state index in [9.17, 15) is 9.59 Å². The molecule has 2 N–H and O–H groups in total. The molecule has 6 heteroatoms. The molecule has 0 aliphatic rings. The van der Waals surface area contributed by atoms with E-state index in [2.05, 4.69) is 10.5 Å². The second kappa shape index (κ2) is 4.59. The molecule has 0 saturated carbocycles. The van der Waals surface area contributed by atoms with Crippen molar-refractivity contribution in [2.24, 2.45) is 0 Å². The number of amides is 1. The highest BCUT2D eigenvalue weighted by atomic mass is 16.5. The van der Waals surface area contributed by atoms with Gasteiger partial charge in [0, 0.05) is 6.07 Å². The molecular formula is C9H12N2O4. The zero-order valence-corrected chi connectivity index (χ0v) is 8.48. The van der Waals surface area contributed by atoms with Crippen LogP contribution in [0.2, 0.25) is 0 Å². The molecule has 0 fully saturated rings. The zero-order chi connectivity index (χ0) is 11.4. The summed E-state index contributed by atoms with van der Waals surface area (Å²) in [6.45, 7) is 3.32. The highest BCUT2D eigenvalue weighted by Crippen LogP contribution is 2.02. The summed E-state index contributed by atoms with van der Waals surface area (Å²) in [4.78, 5) is 22.1. The number of aryl methyl sites for hydroxylation is 1. The van der Waals surface area contributed by atoms with Crippen molar-refractivity contribution >= 4 is 11.9 Å². The minimum Gasteiger partial charge on any atom is -0.480 e. The lowest BCUT2D eigenvalue weighted by Crippen LogP contribution is -2.40. The second-order valence-electron chi connectivity index (χ2n) is 3.10. The van der Waals surface area contributed by atoms with Gasteiger partial charge >= 0.3 is 5.97 Å². The predicted molar refractivity (Wildman–Crippen MR) is 50.4 cm³/mol. The van der Waals surface area contributed by atoms with E-state index in [1.54, 1.807) is 13.8 Å². The van der Waals surface area contributed by atoms with Gasteiger partial charge in [-0.25, -0.2) is 4.79 Å². The van der Waals surface area contributed by atoms with Crippen molar-refractivity contribution in [1.29, 1.82) is 0 Å². The van der Waals surface area contributed by atoms with Gasteiger partial charge in [0.05, 0.1) is 0 Å². The summed E-state index contributed by atoms with van der Waals surface area (Å²) < 4.78 is 4.70. The maximum absolute atomic E-state index is 11.4. The van der Waals surface area contributed by atoms with Crippen LogP contribution in [0.3, 0.4) is 0 Å². The SMILES string of the molecule is CC[C@@H](NC(=O)c1cc(C)on1)C(=O)O. The van der Waals surface area contributed by atoms with Gasteiger partial charge in [0.2, 0.25) is 0 Å². The number of rotatable bonds is 4. The monoisotopic (exact) mass is 212 g/mol. The van der Waals surface area contributed by atoms with Crippen molar-refractivity contribution in [3.05, 3.63) is 17.5 Å². The molecule has 0 bridgehead atoms. The van der Waals surface area contributed by atoms with Crippen molar-refractivity contribution in [3.63, 3.8) is 0 Å². The average molecular weight is 212 g/mol. The van der Waals surface area contributed by atoms with E-state index in [-0.39, 0.29) is 5.69 Å². The molecule has 1 aromatic heterocycles. The van der Waals surface area contributed by atoms with Gasteiger partial charge in [0.25, 0.3) is 5.91 Å². The number of aromatic nitrogens is 1. The molecule has 0 unspecified atom stereocenters. The van der Waals surface area contributed by atoms with Gasteiger partial charge < -0.3 is 14.9 Å². The smallest absolute Gasteiger partial charge is 0.326 e. The van der Waals surface area contributed by atoms with Crippen LogP contribution < -0.4 is 5.32 Å². The second-order valence-corrected chi connectivity index (χ2v) is 3.10. The number of hydrogen-bond acceptors (Lipinski definition) is 4. The third kappa shape index (κ3) is 2.80. The number of carbonyl (C=O) groups excluding carboxylic acids is 1. The molecule has 0 radical (unpaired) electrons. The van der Waals surface area contributed by atoms with Crippen LogP contribution >= 0.6 is 0 Å². The fraction of sp³-hybridized carbons (Fsp3) is 0.444. The van der Waals surface area contributed by atoms with Crippen LogP contribution in [-0.4, -0.2) is 28.2 Å². The number of nitrogens with one attached hydrogen (secondary N) is 1. The number of hydrogen-bond donors (Lipinski definition) is 2. The van der Waals surface area contributed by atoms with E-state index in [4.69, 9.17) is 9.63 Å². The van der Waals surface area contributed by atoms with Crippen LogP contribution in [0.5, 0.6) is 0 Å². The van der Waals surface area contributed by atoms with Crippen molar-refractivity contribution in [1.82, 2.24) is 10.5 Å². The molecule has 6 nitrogen and oxygen atoms in total. The lowest BCUT2D eigenvalue weighted by molar-refractivity contribution is -0.139. The van der Waals surface area contributed by atoms with Crippen molar-refractivity contribution in [2.75, 3.05) is 0 Å². The Bertz CT molecular complexity index is 372. The minimum absolute atomic E-state index is 0.0900. The Balaban J connectivity index is 2.66. The molecule has 0 aliphatic heterocycles. The standard InChI is InChI=1S/C9H12N2O4/c1-3-6(9(13)14)10-8(12)7-4-5(2)15-11-7/h4,6H,3H2,1-2H3,(H,10,12)(H,13,14)/t6-/m1/s1. The van der Waals surface area contributed by atoms with E-state index >= 15 is 0 Å². The van der Waals surface area contributed by atoms with Crippen molar-refractivity contribution < 1.29 is 19.2 Å². The van der Waals surface area contributed by atoms with E-state index in [1.165, 1.54) is 6.07 Å². The van der Waals surface area contributed by atoms with E-state index in [0.29, 0.717) is 12.2 Å². The quantitative estimate of drug-likeness (QED) is 0.761. The molecule has 0 spiro atoms. The van der Waals surface area contributed by atoms with Gasteiger partial charge in [-0.3, -0.25) is 4.79 Å². The molecule has 1 atom stereocenters. The molecule has 82 valence electrons. The third-order valence-corrected chi connectivity index (χ3v) is 1.87. The average Bonchev–Trinajstić information content (AvgIpc) is 2.60. The van der Waals surface area contributed by atoms with E-state index in [0.717, 1.165) is 0 Å². The molecule has 0 saturated heterocycles. The molecule has 1 rings (SSSR count). The number of carboxylic acid groups (broad SMARTS) is 1. The van der Waals surface area contributed by atoms with Gasteiger partial charge in [0.1, 0.15) is 11.8 Å². The number of carboxylic acids is 1. The first-order valence-electron chi connectivity index (χ1n) is 4.51. The van der Waals surface area contributed by atoms with Gasteiger partial charge in [-0.1, -0.05) is 12.1 Å². The van der Waals surface area contributed by atoms with Gasteiger partial charge in [-0.15, -0.1) is 0 Å². The summed E-state index contributed by atoms with van der Waals surface area (Å²) in [6.07, 6.45) is 0.317. The fourth-order valence-corrected chi connectivity index (χ4v) is 1.04. The molecule has 0 aromatic carbocycles. The predicted octanol–water partition coefficient (Wildman–Crippen LogP) is 0.576. The number of carbonyl (C=O) groups is 2. The topological polar surface area (TPSA) is 92.4 Å². The van der Waals surface area contributed by atoms with Crippen molar-refractivity contribution in [2.45, 2.75) is 26.3 Å². The number of nitrogens with zero attached hydrogens (tertiary/aromatic N) is 1. The van der Waals surface area contributed by atoms with Crippen LogP contribution in [0, 0.1) is 6.92 Å². The Morgan fingerprint density at radius 2 is 2.33 bits per heavy atom. The summed E-state index contributed by atoms with van der Waals surface area (Å²) in [7, 11) is 0. The summed E-state index contributed by atoms with van der Waals surface area (Å²) in [5.74, 6) is -1.10. The maximum atomic E-state index is 11.4. The first kappa shape index (κ1) is 11.2. The molecule has 15 heavy (non-hydrogen) atoms. The molecule has 0 aliphatic carbocycles. The highest BCUT2D eigenvalue weighted by molar-refractivity contribution is 5.94. The highest BCUT2D eigenvalue weighted by Gasteiger charge is 2.20. The van der Waals surface area contributed by atoms with Crippen LogP contribution in [-0.2, 0) is 4.79 Å². The molecule has 1 amide bonds. The zero-order valence-electron chi connectivity index (χ0n) is 8.48. The van der Waals surface area contributed by atoms with E-state index < -0.39 is 17.9 Å². The summed E-state index contributed by atoms with van der Waals surface area (Å²) in [5.41, 5.74) is 0.0900. The normalized spacial score (nSPS) is 12.1. The number of aliphatic carboxylic acids is 1. The fourth-order valence-electron chi connectivity index (χ4n) is 1.04. The Morgan fingerprint density at radius 1 is 1.67 bits per heavy atom. The first-order valence-corrected chi connectivity index (χ1v) is 4.51. The molecular weight excluding hydrogens is 200 g/mol. The summed E-state index contributed by atoms with van der Waals surface area (Å²) in [5, 5.41) is 14.5. The molecule has 1 aromatic rings. The van der Waals surface area contributed by atoms with Gasteiger partial charge in [-0.05, 0) is 13.3 Å². The van der Waals surface area contributed by atoms with Gasteiger partial charge in [0.15, 0.2) is 5.69 Å². The lowest BCUT2D eigenvalue weighted by Gasteiger charge is -2.10. The summed E-state index contributed by atoms with van der Waals surface area (Å²) in [6, 6.07) is 0.554. The largest absolute Gasteiger partial charge is 0.480 e. The van der Waals surface area contributed by atoms with Gasteiger partial charge in [-0.2, -0.15) is 0 Å². The van der Waals surface area contributed by atoms with Crippen molar-refractivity contribution in [3.8, 4) is 0 Å². The third-order valence-electron chi connectivity index (χ3n) is 1.87. The Labute approximate surface area is 86.3 Å². The Kier molecular flexibility index (Phi) is 3.43. The molecule has 1 heterocycles. The van der Waals surface area contributed by atoms with Crippen LogP contribution in [0.4, 0.5) is 0 Å². The first-order chi connectivity index (χ1) is 7.04.